The van der Waals surface area contributed by atoms with Crippen molar-refractivity contribution >= 4 is 21.6 Å². The van der Waals surface area contributed by atoms with Crippen LogP contribution in [-0.2, 0) is 20.2 Å². The van der Waals surface area contributed by atoms with Gasteiger partial charge < -0.3 is 5.32 Å². The van der Waals surface area contributed by atoms with Crippen LogP contribution in [0.1, 0.15) is 34.1 Å². The Kier molecular flexibility index (Phi) is 5.94. The third-order valence-corrected chi connectivity index (χ3v) is 7.54. The second-order valence-electron chi connectivity index (χ2n) is 7.92. The normalized spacial score (nSPS) is 15.5. The molecule has 4 rings (SSSR count). The van der Waals surface area contributed by atoms with E-state index in [1.807, 2.05) is 54.6 Å². The molecule has 0 bridgehead atoms. The van der Waals surface area contributed by atoms with Crippen LogP contribution in [0.4, 0.5) is 5.69 Å². The van der Waals surface area contributed by atoms with Gasteiger partial charge in [0, 0.05) is 8.54 Å². The molecule has 3 aromatic rings. The molecular formula is C25H30N2O3S. The second-order valence-corrected chi connectivity index (χ2v) is 9.81. The van der Waals surface area contributed by atoms with Gasteiger partial charge in [-0.15, -0.1) is 0 Å². The fourth-order valence-electron chi connectivity index (χ4n) is 4.35. The zero-order valence-corrected chi connectivity index (χ0v) is 18.3. The van der Waals surface area contributed by atoms with E-state index in [-0.39, 0.29) is 13.7 Å². The molecule has 1 aliphatic rings. The van der Waals surface area contributed by atoms with Crippen molar-refractivity contribution in [2.24, 2.45) is 0 Å². The molecule has 0 radical (unpaired) electrons. The number of rotatable bonds is 6. The van der Waals surface area contributed by atoms with Gasteiger partial charge in [-0.3, -0.25) is 4.79 Å². The van der Waals surface area contributed by atoms with Gasteiger partial charge in [0.2, 0.25) is 15.9 Å². The average Bonchev–Trinajstić information content (AvgIpc) is 3.31. The molecule has 0 heterocycles. The van der Waals surface area contributed by atoms with E-state index in [9.17, 15) is 13.2 Å². The Hall–Kier alpha value is -2.96. The van der Waals surface area contributed by atoms with E-state index in [0.717, 1.165) is 48.1 Å². The number of amides is 1. The van der Waals surface area contributed by atoms with Gasteiger partial charge in [-0.05, 0) is 60.8 Å². The Labute approximate surface area is 186 Å². The monoisotopic (exact) mass is 438 g/mol. The number of sulfonamides is 1. The number of anilines is 1. The first-order chi connectivity index (χ1) is 14.9. The molecule has 2 N–H and O–H groups in total. The molecule has 6 heteroatoms. The second kappa shape index (κ2) is 8.65. The third kappa shape index (κ3) is 4.27. The first kappa shape index (κ1) is 21.3. The molecule has 1 saturated carbocycles. The molecule has 164 valence electrons. The van der Waals surface area contributed by atoms with Gasteiger partial charge >= 0.3 is 0 Å². The van der Waals surface area contributed by atoms with Gasteiger partial charge in [-0.1, -0.05) is 67.4 Å². The average molecular weight is 439 g/mol. The van der Waals surface area contributed by atoms with Crippen molar-refractivity contribution in [3.8, 4) is 11.1 Å². The van der Waals surface area contributed by atoms with Crippen LogP contribution in [0.15, 0.2) is 83.8 Å². The highest BCUT2D eigenvalue weighted by atomic mass is 32.2. The smallest absolute Gasteiger partial charge is 0.240 e. The van der Waals surface area contributed by atoms with E-state index in [1.54, 1.807) is 24.3 Å². The van der Waals surface area contributed by atoms with E-state index in [1.165, 1.54) is 7.05 Å². The van der Waals surface area contributed by atoms with E-state index in [2.05, 4.69) is 10.0 Å². The molecule has 0 aromatic heterocycles. The Balaban J connectivity index is 0.00000193. The molecule has 0 unspecified atom stereocenters. The summed E-state index contributed by atoms with van der Waals surface area (Å²) in [5.41, 5.74) is 3.11. The van der Waals surface area contributed by atoms with Crippen molar-refractivity contribution in [2.45, 2.75) is 36.0 Å². The van der Waals surface area contributed by atoms with E-state index in [4.69, 9.17) is 0 Å². The molecule has 1 fully saturated rings. The number of hydrogen-bond donors (Lipinski definition) is 2. The van der Waals surface area contributed by atoms with Crippen LogP contribution < -0.4 is 10.0 Å². The van der Waals surface area contributed by atoms with E-state index >= 15 is 0 Å². The van der Waals surface area contributed by atoms with Gasteiger partial charge in [0.05, 0.1) is 10.3 Å². The van der Waals surface area contributed by atoms with Crippen molar-refractivity contribution in [1.82, 2.24) is 4.72 Å². The minimum atomic E-state index is -3.47. The predicted octanol–water partition coefficient (Wildman–Crippen LogP) is 5.20. The fourth-order valence-corrected chi connectivity index (χ4v) is 5.08. The highest BCUT2D eigenvalue weighted by Crippen LogP contribution is 2.42. The Morgan fingerprint density at radius 3 is 2.19 bits per heavy atom. The molecule has 0 atom stereocenters. The summed E-state index contributed by atoms with van der Waals surface area (Å²) >= 11 is 0. The van der Waals surface area contributed by atoms with E-state index in [0.29, 0.717) is 0 Å². The molecule has 1 amide bonds. The number of benzene rings is 3. The highest BCUT2D eigenvalue weighted by molar-refractivity contribution is 7.89. The summed E-state index contributed by atoms with van der Waals surface area (Å²) in [7, 11) is -2.08. The molecular weight excluding hydrogens is 408 g/mol. The number of carbonyl (C=O) groups excluding carboxylic acids is 1. The maximum Gasteiger partial charge on any atom is 0.240 e. The Bertz CT molecular complexity index is 1180. The SMILES string of the molecule is CNS(=O)(=O)c1ccc(-c2cccc(NC(=O)C3(c4ccccc4)CCCC3)c2)cc1.[HH].[HH]. The van der Waals surface area contributed by atoms with E-state index < -0.39 is 15.4 Å². The lowest BCUT2D eigenvalue weighted by Gasteiger charge is -2.28. The lowest BCUT2D eigenvalue weighted by atomic mass is 9.78. The van der Waals surface area contributed by atoms with Crippen molar-refractivity contribution in [3.63, 3.8) is 0 Å². The molecule has 0 spiro atoms. The summed E-state index contributed by atoms with van der Waals surface area (Å²) in [5.74, 6) is 0.0313. The quantitative estimate of drug-likeness (QED) is 0.555. The van der Waals surface area contributed by atoms with Gasteiger partial charge in [-0.2, -0.15) is 0 Å². The number of nitrogens with one attached hydrogen (secondary N) is 2. The lowest BCUT2D eigenvalue weighted by molar-refractivity contribution is -0.121. The van der Waals surface area contributed by atoms with Crippen LogP contribution in [0.5, 0.6) is 0 Å². The third-order valence-electron chi connectivity index (χ3n) is 6.11. The summed E-state index contributed by atoms with van der Waals surface area (Å²) in [6, 6.07) is 24.4. The zero-order chi connectivity index (χ0) is 21.9. The standard InChI is InChI=1S/C25H26N2O3S.2H2/c1-26-31(29,30)23-14-12-19(13-15-23)20-8-7-11-22(18-20)27-24(28)25(16-5-6-17-25)21-9-3-2-4-10-21;;/h2-4,7-15,18,26H,5-6,16-17H2,1H3,(H,27,28);2*1H. The van der Waals surface area contributed by atoms with Crippen LogP contribution in [0.3, 0.4) is 0 Å². The summed E-state index contributed by atoms with van der Waals surface area (Å²) in [4.78, 5) is 13.6. The van der Waals surface area contributed by atoms with Gasteiger partial charge in [0.15, 0.2) is 0 Å². The lowest BCUT2D eigenvalue weighted by Crippen LogP contribution is -2.37. The van der Waals surface area contributed by atoms with Gasteiger partial charge in [-0.25, -0.2) is 13.1 Å². The van der Waals surface area contributed by atoms with Gasteiger partial charge in [0.25, 0.3) is 0 Å². The predicted molar refractivity (Wildman–Crippen MR) is 128 cm³/mol. The maximum absolute atomic E-state index is 13.4. The van der Waals surface area contributed by atoms with Crippen LogP contribution in [-0.4, -0.2) is 21.4 Å². The fraction of sp³-hybridized carbons (Fsp3) is 0.240. The molecule has 31 heavy (non-hydrogen) atoms. The van der Waals surface area contributed by atoms with Crippen molar-refractivity contribution < 1.29 is 16.1 Å². The zero-order valence-electron chi connectivity index (χ0n) is 17.5. The summed E-state index contributed by atoms with van der Waals surface area (Å²) < 4.78 is 26.2. The number of carbonyl (C=O) groups is 1. The first-order valence-electron chi connectivity index (χ1n) is 10.5. The van der Waals surface area contributed by atoms with Crippen LogP contribution >= 0.6 is 0 Å². The molecule has 5 nitrogen and oxygen atoms in total. The minimum absolute atomic E-state index is 0. The topological polar surface area (TPSA) is 75.3 Å². The first-order valence-corrected chi connectivity index (χ1v) is 11.9. The maximum atomic E-state index is 13.4. The number of hydrogen-bond acceptors (Lipinski definition) is 3. The summed E-state index contributed by atoms with van der Waals surface area (Å²) in [6.45, 7) is 0. The minimum Gasteiger partial charge on any atom is -0.325 e. The van der Waals surface area contributed by atoms with Gasteiger partial charge in [0.1, 0.15) is 0 Å². The van der Waals surface area contributed by atoms with Crippen molar-refractivity contribution in [1.29, 1.82) is 0 Å². The highest BCUT2D eigenvalue weighted by Gasteiger charge is 2.42. The van der Waals surface area contributed by atoms with Crippen molar-refractivity contribution in [3.05, 3.63) is 84.4 Å². The Morgan fingerprint density at radius 1 is 0.871 bits per heavy atom. The van der Waals surface area contributed by atoms with Crippen molar-refractivity contribution in [2.75, 3.05) is 12.4 Å². The summed E-state index contributed by atoms with van der Waals surface area (Å²) in [6.07, 6.45) is 3.79. The molecule has 3 aromatic carbocycles. The van der Waals surface area contributed by atoms with Crippen LogP contribution in [0.25, 0.3) is 11.1 Å². The largest absolute Gasteiger partial charge is 0.325 e. The molecule has 1 aliphatic carbocycles. The molecule has 0 saturated heterocycles. The van der Waals surface area contributed by atoms with Crippen LogP contribution in [0, 0.1) is 0 Å². The summed E-state index contributed by atoms with van der Waals surface area (Å²) in [5, 5.41) is 3.13. The Morgan fingerprint density at radius 2 is 1.55 bits per heavy atom. The molecule has 0 aliphatic heterocycles. The van der Waals surface area contributed by atoms with Crippen LogP contribution in [0.2, 0.25) is 0 Å².